The molecular weight excluding hydrogens is 479 g/mol. The maximum Gasteiger partial charge on any atom is 0.224 e. The number of likely N-dealkylation sites (tertiary alicyclic amines) is 1. The predicted octanol–water partition coefficient (Wildman–Crippen LogP) is 6.38. The summed E-state index contributed by atoms with van der Waals surface area (Å²) in [6.07, 6.45) is 2.76. The number of nitrogens with one attached hydrogen (secondary N) is 1. The highest BCUT2D eigenvalue weighted by Crippen LogP contribution is 2.30. The summed E-state index contributed by atoms with van der Waals surface area (Å²) in [5.74, 6) is 0.273. The van der Waals surface area contributed by atoms with Crippen LogP contribution in [-0.2, 0) is 11.2 Å². The van der Waals surface area contributed by atoms with Crippen molar-refractivity contribution in [1.82, 2.24) is 10.2 Å². The molecule has 4 nitrogen and oxygen atoms in total. The maximum absolute atomic E-state index is 12.9. The van der Waals surface area contributed by atoms with Crippen LogP contribution in [0.3, 0.4) is 0 Å². The molecule has 1 atom stereocenters. The van der Waals surface area contributed by atoms with E-state index in [0.29, 0.717) is 16.6 Å². The minimum Gasteiger partial charge on any atom is -0.356 e. The Kier molecular flexibility index (Phi) is 8.97. The topological polar surface area (TPSA) is 49.4 Å². The van der Waals surface area contributed by atoms with E-state index in [0.717, 1.165) is 43.5 Å². The van der Waals surface area contributed by atoms with Gasteiger partial charge in [0.2, 0.25) is 5.91 Å². The van der Waals surface area contributed by atoms with Crippen molar-refractivity contribution in [3.05, 3.63) is 106 Å². The first-order chi connectivity index (χ1) is 17.0. The fourth-order valence-corrected chi connectivity index (χ4v) is 5.11. The number of amides is 1. The average molecular weight is 509 g/mol. The fraction of sp³-hybridized carbons (Fsp3) is 0.310. The van der Waals surface area contributed by atoms with Crippen LogP contribution in [0.15, 0.2) is 78.9 Å². The van der Waals surface area contributed by atoms with Crippen LogP contribution in [-0.4, -0.2) is 36.2 Å². The molecule has 0 aliphatic carbocycles. The van der Waals surface area contributed by atoms with E-state index in [1.807, 2.05) is 42.5 Å². The molecule has 1 N–H and O–H groups in total. The van der Waals surface area contributed by atoms with Gasteiger partial charge in [-0.3, -0.25) is 14.5 Å². The van der Waals surface area contributed by atoms with E-state index in [9.17, 15) is 9.59 Å². The molecule has 0 bridgehead atoms. The van der Waals surface area contributed by atoms with E-state index < -0.39 is 0 Å². The lowest BCUT2D eigenvalue weighted by molar-refractivity contribution is -0.120. The summed E-state index contributed by atoms with van der Waals surface area (Å²) in [7, 11) is 0. The minimum atomic E-state index is -0.0395. The highest BCUT2D eigenvalue weighted by atomic mass is 35.5. The molecular formula is C29H30Cl2N2O2. The number of carbonyl (C=O) groups is 2. The molecule has 0 saturated carbocycles. The highest BCUT2D eigenvalue weighted by molar-refractivity contribution is 6.42. The summed E-state index contributed by atoms with van der Waals surface area (Å²) in [6, 6.07) is 25.5. The third-order valence-electron chi connectivity index (χ3n) is 6.67. The Morgan fingerprint density at radius 3 is 2.20 bits per heavy atom. The number of hydrogen-bond acceptors (Lipinski definition) is 3. The normalized spacial score (nSPS) is 15.5. The monoisotopic (exact) mass is 508 g/mol. The van der Waals surface area contributed by atoms with Gasteiger partial charge in [0.25, 0.3) is 0 Å². The van der Waals surface area contributed by atoms with Crippen LogP contribution in [0, 0.1) is 5.92 Å². The molecule has 1 amide bonds. The fourth-order valence-electron chi connectivity index (χ4n) is 4.79. The molecule has 0 aromatic heterocycles. The zero-order valence-corrected chi connectivity index (χ0v) is 21.1. The zero-order valence-electron chi connectivity index (χ0n) is 19.6. The lowest BCUT2D eigenvalue weighted by Crippen LogP contribution is -2.40. The molecule has 1 fully saturated rings. The number of hydrogen-bond donors (Lipinski definition) is 1. The molecule has 0 spiro atoms. The minimum absolute atomic E-state index is 0.0395. The Morgan fingerprint density at radius 2 is 1.54 bits per heavy atom. The standard InChI is InChI=1S/C29H30Cl2N2O2/c30-25-12-11-21(19-26(25)31)20-28(34)32-16-13-27(22-7-3-1-4-8-22)33-17-14-24(15-18-33)29(35)23-9-5-2-6-10-23/h1-12,19,24,27H,13-18,20H2,(H,32,34). The Bertz CT molecular complexity index is 1130. The van der Waals surface area contributed by atoms with Crippen LogP contribution in [0.5, 0.6) is 0 Å². The highest BCUT2D eigenvalue weighted by Gasteiger charge is 2.29. The van der Waals surface area contributed by atoms with E-state index in [-0.39, 0.29) is 30.1 Å². The van der Waals surface area contributed by atoms with Gasteiger partial charge in [-0.1, -0.05) is 89.9 Å². The van der Waals surface area contributed by atoms with Crippen LogP contribution in [0.4, 0.5) is 0 Å². The second kappa shape index (κ2) is 12.3. The van der Waals surface area contributed by atoms with E-state index in [4.69, 9.17) is 23.2 Å². The first-order valence-corrected chi connectivity index (χ1v) is 12.9. The quantitative estimate of drug-likeness (QED) is 0.341. The number of piperidine rings is 1. The van der Waals surface area contributed by atoms with Crippen molar-refractivity contribution in [2.24, 2.45) is 5.92 Å². The summed E-state index contributed by atoms with van der Waals surface area (Å²) < 4.78 is 0. The summed E-state index contributed by atoms with van der Waals surface area (Å²) in [6.45, 7) is 2.29. The molecule has 1 aliphatic heterocycles. The first-order valence-electron chi connectivity index (χ1n) is 12.1. The lowest BCUT2D eigenvalue weighted by atomic mass is 9.87. The van der Waals surface area contributed by atoms with Gasteiger partial charge in [-0.15, -0.1) is 0 Å². The van der Waals surface area contributed by atoms with Gasteiger partial charge in [-0.2, -0.15) is 0 Å². The van der Waals surface area contributed by atoms with Gasteiger partial charge in [0.05, 0.1) is 16.5 Å². The smallest absolute Gasteiger partial charge is 0.224 e. The molecule has 1 unspecified atom stereocenters. The Hall–Kier alpha value is -2.66. The summed E-state index contributed by atoms with van der Waals surface area (Å²) in [5, 5.41) is 3.99. The van der Waals surface area contributed by atoms with E-state index in [1.54, 1.807) is 12.1 Å². The van der Waals surface area contributed by atoms with Crippen molar-refractivity contribution < 1.29 is 9.59 Å². The number of benzene rings is 3. The van der Waals surface area contributed by atoms with Gasteiger partial charge in [-0.25, -0.2) is 0 Å². The van der Waals surface area contributed by atoms with Gasteiger partial charge < -0.3 is 5.32 Å². The molecule has 35 heavy (non-hydrogen) atoms. The van der Waals surface area contributed by atoms with Crippen LogP contribution >= 0.6 is 23.2 Å². The second-order valence-electron chi connectivity index (χ2n) is 9.03. The number of carbonyl (C=O) groups excluding carboxylic acids is 2. The van der Waals surface area contributed by atoms with Gasteiger partial charge in [0, 0.05) is 24.1 Å². The Balaban J connectivity index is 1.33. The summed E-state index contributed by atoms with van der Waals surface area (Å²) >= 11 is 12.0. The average Bonchev–Trinajstić information content (AvgIpc) is 2.89. The predicted molar refractivity (Wildman–Crippen MR) is 142 cm³/mol. The zero-order chi connectivity index (χ0) is 24.6. The van der Waals surface area contributed by atoms with Gasteiger partial charge >= 0.3 is 0 Å². The first kappa shape index (κ1) is 25.4. The Labute approximate surface area is 217 Å². The van der Waals surface area contributed by atoms with Crippen molar-refractivity contribution >= 4 is 34.9 Å². The molecule has 4 rings (SSSR count). The number of Topliss-reactive ketones (excluding diaryl/α,β-unsaturated/α-hetero) is 1. The van der Waals surface area contributed by atoms with Crippen molar-refractivity contribution in [2.45, 2.75) is 31.7 Å². The summed E-state index contributed by atoms with van der Waals surface area (Å²) in [5.41, 5.74) is 2.87. The molecule has 182 valence electrons. The number of halogens is 2. The molecule has 3 aromatic rings. The largest absolute Gasteiger partial charge is 0.356 e. The van der Waals surface area contributed by atoms with Gasteiger partial charge in [0.15, 0.2) is 5.78 Å². The third kappa shape index (κ3) is 6.94. The molecule has 1 saturated heterocycles. The SMILES string of the molecule is O=C(Cc1ccc(Cl)c(Cl)c1)NCCC(c1ccccc1)N1CCC(C(=O)c2ccccc2)CC1. The van der Waals surface area contributed by atoms with Crippen LogP contribution < -0.4 is 5.32 Å². The number of ketones is 1. The van der Waals surface area contributed by atoms with Crippen molar-refractivity contribution in [3.63, 3.8) is 0 Å². The van der Waals surface area contributed by atoms with Crippen molar-refractivity contribution in [1.29, 1.82) is 0 Å². The van der Waals surface area contributed by atoms with Crippen molar-refractivity contribution in [2.75, 3.05) is 19.6 Å². The van der Waals surface area contributed by atoms with E-state index in [2.05, 4.69) is 34.5 Å². The van der Waals surface area contributed by atoms with Crippen LogP contribution in [0.2, 0.25) is 10.0 Å². The van der Waals surface area contributed by atoms with Crippen LogP contribution in [0.1, 0.15) is 46.8 Å². The van der Waals surface area contributed by atoms with Crippen molar-refractivity contribution in [3.8, 4) is 0 Å². The second-order valence-corrected chi connectivity index (χ2v) is 9.85. The van der Waals surface area contributed by atoms with E-state index in [1.165, 1.54) is 5.56 Å². The van der Waals surface area contributed by atoms with Gasteiger partial charge in [-0.05, 0) is 55.6 Å². The van der Waals surface area contributed by atoms with Crippen LogP contribution in [0.25, 0.3) is 0 Å². The number of rotatable bonds is 9. The number of nitrogens with zero attached hydrogens (tertiary/aromatic N) is 1. The molecule has 6 heteroatoms. The maximum atomic E-state index is 12.9. The summed E-state index contributed by atoms with van der Waals surface area (Å²) in [4.78, 5) is 27.9. The molecule has 1 aliphatic rings. The lowest BCUT2D eigenvalue weighted by Gasteiger charge is -2.37. The molecule has 1 heterocycles. The molecule has 3 aromatic carbocycles. The van der Waals surface area contributed by atoms with E-state index >= 15 is 0 Å². The third-order valence-corrected chi connectivity index (χ3v) is 7.41. The Morgan fingerprint density at radius 1 is 0.886 bits per heavy atom. The van der Waals surface area contributed by atoms with Gasteiger partial charge in [0.1, 0.15) is 0 Å². The molecule has 0 radical (unpaired) electrons.